The van der Waals surface area contributed by atoms with E-state index >= 15 is 0 Å². The number of urea groups is 1. The highest BCUT2D eigenvalue weighted by Crippen LogP contribution is 2.33. The number of rotatable bonds is 4. The standard InChI is InChI=1S/C17H17F3N2O3/c1-10-7-14(24-2)15(25-3)9-13(10)22-16(23)21-12-6-4-5-11(8-12)17(18,19)20/h4-9H,1-3H3,(H2,21,22,23). The summed E-state index contributed by atoms with van der Waals surface area (Å²) in [5.74, 6) is 0.923. The highest BCUT2D eigenvalue weighted by Gasteiger charge is 2.30. The van der Waals surface area contributed by atoms with E-state index in [9.17, 15) is 18.0 Å². The lowest BCUT2D eigenvalue weighted by atomic mass is 10.1. The van der Waals surface area contributed by atoms with Crippen LogP contribution in [0.1, 0.15) is 11.1 Å². The molecular weight excluding hydrogens is 337 g/mol. The van der Waals surface area contributed by atoms with Crippen LogP contribution in [-0.2, 0) is 6.18 Å². The number of amides is 2. The van der Waals surface area contributed by atoms with Gasteiger partial charge in [-0.2, -0.15) is 13.2 Å². The second kappa shape index (κ2) is 7.33. The maximum Gasteiger partial charge on any atom is 0.416 e. The minimum Gasteiger partial charge on any atom is -0.493 e. The van der Waals surface area contributed by atoms with Crippen LogP contribution in [0, 0.1) is 6.92 Å². The summed E-state index contributed by atoms with van der Waals surface area (Å²) in [4.78, 5) is 12.1. The molecule has 0 atom stereocenters. The third kappa shape index (κ3) is 4.56. The van der Waals surface area contributed by atoms with Gasteiger partial charge in [0.1, 0.15) is 0 Å². The fourth-order valence-electron chi connectivity index (χ4n) is 2.17. The van der Waals surface area contributed by atoms with Gasteiger partial charge in [0.25, 0.3) is 0 Å². The number of benzene rings is 2. The van der Waals surface area contributed by atoms with E-state index < -0.39 is 17.8 Å². The lowest BCUT2D eigenvalue weighted by Crippen LogP contribution is -2.20. The van der Waals surface area contributed by atoms with E-state index in [2.05, 4.69) is 10.6 Å². The molecule has 0 fully saturated rings. The molecule has 2 rings (SSSR count). The van der Waals surface area contributed by atoms with Gasteiger partial charge in [-0.25, -0.2) is 4.79 Å². The van der Waals surface area contributed by atoms with Gasteiger partial charge in [-0.15, -0.1) is 0 Å². The molecular formula is C17H17F3N2O3. The number of carbonyl (C=O) groups excluding carboxylic acids is 1. The Balaban J connectivity index is 2.16. The van der Waals surface area contributed by atoms with E-state index in [0.717, 1.165) is 12.1 Å². The van der Waals surface area contributed by atoms with Crippen LogP contribution in [0.5, 0.6) is 11.5 Å². The Morgan fingerprint density at radius 3 is 2.24 bits per heavy atom. The quantitative estimate of drug-likeness (QED) is 0.838. The largest absolute Gasteiger partial charge is 0.493 e. The van der Waals surface area contributed by atoms with Crippen LogP contribution in [0.15, 0.2) is 36.4 Å². The number of halogens is 3. The molecule has 0 bridgehead atoms. The first-order valence-corrected chi connectivity index (χ1v) is 7.22. The minimum atomic E-state index is -4.48. The molecule has 5 nitrogen and oxygen atoms in total. The molecule has 0 aliphatic carbocycles. The van der Waals surface area contributed by atoms with Gasteiger partial charge >= 0.3 is 12.2 Å². The molecule has 8 heteroatoms. The van der Waals surface area contributed by atoms with Gasteiger partial charge in [0.15, 0.2) is 11.5 Å². The molecule has 0 spiro atoms. The topological polar surface area (TPSA) is 59.6 Å². The minimum absolute atomic E-state index is 0.0328. The van der Waals surface area contributed by atoms with Crippen molar-refractivity contribution in [2.24, 2.45) is 0 Å². The first-order chi connectivity index (χ1) is 11.7. The zero-order chi connectivity index (χ0) is 18.6. The SMILES string of the molecule is COc1cc(C)c(NC(=O)Nc2cccc(C(F)(F)F)c2)cc1OC. The average Bonchev–Trinajstić information content (AvgIpc) is 2.55. The summed E-state index contributed by atoms with van der Waals surface area (Å²) < 4.78 is 48.4. The third-order valence-electron chi connectivity index (χ3n) is 3.43. The number of ether oxygens (including phenoxy) is 2. The maximum absolute atomic E-state index is 12.7. The molecule has 0 aromatic heterocycles. The van der Waals surface area contributed by atoms with Gasteiger partial charge < -0.3 is 20.1 Å². The Bertz CT molecular complexity index is 776. The summed E-state index contributed by atoms with van der Waals surface area (Å²) in [6.45, 7) is 1.75. The number of methoxy groups -OCH3 is 2. The summed E-state index contributed by atoms with van der Waals surface area (Å²) in [5.41, 5.74) is 0.344. The summed E-state index contributed by atoms with van der Waals surface area (Å²) in [5, 5.41) is 4.95. The first-order valence-electron chi connectivity index (χ1n) is 7.22. The highest BCUT2D eigenvalue weighted by molar-refractivity contribution is 6.00. The van der Waals surface area contributed by atoms with Crippen LogP contribution in [0.2, 0.25) is 0 Å². The van der Waals surface area contributed by atoms with Gasteiger partial charge in [-0.05, 0) is 36.8 Å². The van der Waals surface area contributed by atoms with Crippen LogP contribution >= 0.6 is 0 Å². The fraction of sp³-hybridized carbons (Fsp3) is 0.235. The molecule has 0 aliphatic heterocycles. The van der Waals surface area contributed by atoms with Crippen LogP contribution in [0.25, 0.3) is 0 Å². The first kappa shape index (κ1) is 18.4. The summed E-state index contributed by atoms with van der Waals surface area (Å²) in [7, 11) is 2.95. The van der Waals surface area contributed by atoms with E-state index in [1.54, 1.807) is 19.1 Å². The van der Waals surface area contributed by atoms with Crippen molar-refractivity contribution in [3.8, 4) is 11.5 Å². The Hall–Kier alpha value is -2.90. The number of hydrogen-bond donors (Lipinski definition) is 2. The molecule has 0 saturated heterocycles. The molecule has 0 unspecified atom stereocenters. The Kier molecular flexibility index (Phi) is 5.41. The molecule has 2 amide bonds. The number of hydrogen-bond acceptors (Lipinski definition) is 3. The monoisotopic (exact) mass is 354 g/mol. The summed E-state index contributed by atoms with van der Waals surface area (Å²) >= 11 is 0. The predicted molar refractivity (Wildman–Crippen MR) is 88.4 cm³/mol. The number of nitrogens with one attached hydrogen (secondary N) is 2. The van der Waals surface area contributed by atoms with Crippen LogP contribution in [-0.4, -0.2) is 20.3 Å². The van der Waals surface area contributed by atoms with E-state index in [1.165, 1.54) is 26.4 Å². The number of carbonyl (C=O) groups is 1. The van der Waals surface area contributed by atoms with Gasteiger partial charge in [-0.3, -0.25) is 0 Å². The summed E-state index contributed by atoms with van der Waals surface area (Å²) in [6, 6.07) is 6.96. The van der Waals surface area contributed by atoms with Crippen molar-refractivity contribution in [1.82, 2.24) is 0 Å². The van der Waals surface area contributed by atoms with Crippen LogP contribution in [0.4, 0.5) is 29.3 Å². The van der Waals surface area contributed by atoms with Crippen LogP contribution < -0.4 is 20.1 Å². The van der Waals surface area contributed by atoms with Gasteiger partial charge in [-0.1, -0.05) is 6.07 Å². The molecule has 0 radical (unpaired) electrons. The van der Waals surface area contributed by atoms with E-state index in [-0.39, 0.29) is 5.69 Å². The second-order valence-electron chi connectivity index (χ2n) is 5.18. The highest BCUT2D eigenvalue weighted by atomic mass is 19.4. The molecule has 0 saturated carbocycles. The van der Waals surface area contributed by atoms with Crippen molar-refractivity contribution in [3.63, 3.8) is 0 Å². The van der Waals surface area contributed by atoms with Crippen molar-refractivity contribution in [2.75, 3.05) is 24.9 Å². The van der Waals surface area contributed by atoms with Crippen LogP contribution in [0.3, 0.4) is 0 Å². The van der Waals surface area contributed by atoms with Crippen molar-refractivity contribution in [1.29, 1.82) is 0 Å². The second-order valence-corrected chi connectivity index (χ2v) is 5.18. The zero-order valence-corrected chi connectivity index (χ0v) is 13.8. The van der Waals surface area contributed by atoms with Crippen molar-refractivity contribution >= 4 is 17.4 Å². The number of anilines is 2. The number of aryl methyl sites for hydroxylation is 1. The normalized spacial score (nSPS) is 11.0. The molecule has 0 aliphatic rings. The van der Waals surface area contributed by atoms with Gasteiger partial charge in [0.2, 0.25) is 0 Å². The van der Waals surface area contributed by atoms with Crippen molar-refractivity contribution < 1.29 is 27.4 Å². The van der Waals surface area contributed by atoms with E-state index in [4.69, 9.17) is 9.47 Å². The van der Waals surface area contributed by atoms with E-state index in [1.807, 2.05) is 0 Å². The Labute approximate surface area is 142 Å². The predicted octanol–water partition coefficient (Wildman–Crippen LogP) is 4.68. The third-order valence-corrected chi connectivity index (χ3v) is 3.43. The smallest absolute Gasteiger partial charge is 0.416 e. The fourth-order valence-corrected chi connectivity index (χ4v) is 2.17. The average molecular weight is 354 g/mol. The van der Waals surface area contributed by atoms with Crippen molar-refractivity contribution in [3.05, 3.63) is 47.5 Å². The van der Waals surface area contributed by atoms with Gasteiger partial charge in [0.05, 0.1) is 19.8 Å². The van der Waals surface area contributed by atoms with E-state index in [0.29, 0.717) is 22.7 Å². The molecule has 2 aromatic rings. The molecule has 0 heterocycles. The number of alkyl halides is 3. The molecule has 2 N–H and O–H groups in total. The zero-order valence-electron chi connectivity index (χ0n) is 13.8. The molecule has 134 valence electrons. The lowest BCUT2D eigenvalue weighted by Gasteiger charge is -2.14. The Morgan fingerprint density at radius 1 is 1.00 bits per heavy atom. The van der Waals surface area contributed by atoms with Gasteiger partial charge in [0, 0.05) is 17.4 Å². The maximum atomic E-state index is 12.7. The molecule has 25 heavy (non-hydrogen) atoms. The van der Waals surface area contributed by atoms with Crippen molar-refractivity contribution in [2.45, 2.75) is 13.1 Å². The molecule has 2 aromatic carbocycles. The Morgan fingerprint density at radius 2 is 1.64 bits per heavy atom. The summed E-state index contributed by atoms with van der Waals surface area (Å²) in [6.07, 6.45) is -4.48. The lowest BCUT2D eigenvalue weighted by molar-refractivity contribution is -0.137.